The smallest absolute Gasteiger partial charge is 0.0991 e. The van der Waals surface area contributed by atoms with Crippen molar-refractivity contribution >= 4 is 96.9 Å². The number of para-hydroxylation sites is 4. The number of benzene rings is 8. The Morgan fingerprint density at radius 1 is 0.333 bits per heavy atom. The van der Waals surface area contributed by atoms with Gasteiger partial charge in [-0.15, -0.1) is 11.3 Å². The van der Waals surface area contributed by atoms with Crippen LogP contribution in [-0.4, -0.2) is 13.7 Å². The Morgan fingerprint density at radius 2 is 0.778 bits per heavy atom. The van der Waals surface area contributed by atoms with Gasteiger partial charge in [0.05, 0.1) is 44.7 Å². The standard InChI is InChI=1S/C49H28N4S/c50-29-30-18-21-45-37(24-30)34-12-4-8-16-43(34)52(45)32-19-22-48-40(25-32)41-26-33(20-23-49(41)54-48)53-44-17-9-6-14-36(44)39-27-46-38(28-47(39)53)35-13-5-7-15-42(35)51(46)31-10-2-1-3-11-31/h1-28H. The van der Waals surface area contributed by atoms with Gasteiger partial charge in [0.25, 0.3) is 0 Å². The molecule has 8 aromatic carbocycles. The maximum absolute atomic E-state index is 9.67. The first kappa shape index (κ1) is 29.4. The summed E-state index contributed by atoms with van der Waals surface area (Å²) in [6.45, 7) is 0. The summed E-state index contributed by atoms with van der Waals surface area (Å²) in [5.41, 5.74) is 11.1. The van der Waals surface area contributed by atoms with Crippen LogP contribution >= 0.6 is 11.3 Å². The molecule has 12 aromatic rings. The fraction of sp³-hybridized carbons (Fsp3) is 0. The average molecular weight is 705 g/mol. The van der Waals surface area contributed by atoms with Crippen LogP contribution < -0.4 is 0 Å². The normalized spacial score (nSPS) is 12.1. The highest BCUT2D eigenvalue weighted by Gasteiger charge is 2.20. The zero-order valence-corrected chi connectivity index (χ0v) is 29.7. The molecule has 0 unspecified atom stereocenters. The van der Waals surface area contributed by atoms with E-state index in [9.17, 15) is 5.26 Å². The van der Waals surface area contributed by atoms with E-state index in [0.29, 0.717) is 5.56 Å². The predicted molar refractivity (Wildman–Crippen MR) is 227 cm³/mol. The van der Waals surface area contributed by atoms with Crippen LogP contribution in [0.5, 0.6) is 0 Å². The third-order valence-electron chi connectivity index (χ3n) is 11.2. The van der Waals surface area contributed by atoms with Crippen LogP contribution in [0.1, 0.15) is 5.56 Å². The largest absolute Gasteiger partial charge is 0.309 e. The van der Waals surface area contributed by atoms with E-state index < -0.39 is 0 Å². The van der Waals surface area contributed by atoms with Crippen molar-refractivity contribution in [2.24, 2.45) is 0 Å². The lowest BCUT2D eigenvalue weighted by molar-refractivity contribution is 1.18. The van der Waals surface area contributed by atoms with Crippen molar-refractivity contribution in [3.63, 3.8) is 0 Å². The molecule has 0 atom stereocenters. The molecule has 0 N–H and O–H groups in total. The molecule has 4 nitrogen and oxygen atoms in total. The van der Waals surface area contributed by atoms with E-state index in [1.165, 1.54) is 63.8 Å². The fourth-order valence-electron chi connectivity index (χ4n) is 8.92. The van der Waals surface area contributed by atoms with Crippen LogP contribution in [0.2, 0.25) is 0 Å². The first-order valence-electron chi connectivity index (χ1n) is 18.2. The molecule has 4 heterocycles. The second-order valence-corrected chi connectivity index (χ2v) is 15.2. The summed E-state index contributed by atoms with van der Waals surface area (Å²) in [5.74, 6) is 0. The fourth-order valence-corrected chi connectivity index (χ4v) is 9.98. The highest BCUT2D eigenvalue weighted by molar-refractivity contribution is 7.25. The number of aromatic nitrogens is 3. The van der Waals surface area contributed by atoms with Gasteiger partial charge in [-0.3, -0.25) is 0 Å². The summed E-state index contributed by atoms with van der Waals surface area (Å²) in [6.07, 6.45) is 0. The van der Waals surface area contributed by atoms with Crippen molar-refractivity contribution in [1.82, 2.24) is 13.7 Å². The zero-order chi connectivity index (χ0) is 35.5. The third-order valence-corrected chi connectivity index (χ3v) is 12.4. The van der Waals surface area contributed by atoms with Gasteiger partial charge in [0, 0.05) is 69.6 Å². The van der Waals surface area contributed by atoms with Crippen LogP contribution in [0.25, 0.3) is 103 Å². The predicted octanol–water partition coefficient (Wildman–Crippen LogP) is 13.2. The van der Waals surface area contributed by atoms with E-state index in [0.717, 1.165) is 38.9 Å². The highest BCUT2D eigenvalue weighted by Crippen LogP contribution is 2.42. The van der Waals surface area contributed by atoms with Gasteiger partial charge in [-0.25, -0.2) is 0 Å². The molecule has 0 radical (unpaired) electrons. The number of rotatable bonds is 3. The Labute approximate surface area is 313 Å². The summed E-state index contributed by atoms with van der Waals surface area (Å²) in [7, 11) is 0. The molecular formula is C49H28N4S. The minimum absolute atomic E-state index is 0.671. The molecule has 250 valence electrons. The first-order chi connectivity index (χ1) is 26.7. The molecule has 5 heteroatoms. The molecule has 0 saturated carbocycles. The number of hydrogen-bond acceptors (Lipinski definition) is 2. The Kier molecular flexibility index (Phi) is 5.97. The molecule has 0 bridgehead atoms. The minimum Gasteiger partial charge on any atom is -0.309 e. The first-order valence-corrected chi connectivity index (χ1v) is 19.0. The van der Waals surface area contributed by atoms with Crippen LogP contribution in [0, 0.1) is 11.3 Å². The van der Waals surface area contributed by atoms with Crippen molar-refractivity contribution in [1.29, 1.82) is 5.26 Å². The molecule has 54 heavy (non-hydrogen) atoms. The van der Waals surface area contributed by atoms with E-state index in [4.69, 9.17) is 0 Å². The molecular weight excluding hydrogens is 677 g/mol. The lowest BCUT2D eigenvalue weighted by atomic mass is 10.1. The van der Waals surface area contributed by atoms with Crippen LogP contribution in [-0.2, 0) is 0 Å². The van der Waals surface area contributed by atoms with E-state index in [1.54, 1.807) is 0 Å². The molecule has 0 aliphatic heterocycles. The van der Waals surface area contributed by atoms with Gasteiger partial charge >= 0.3 is 0 Å². The maximum atomic E-state index is 9.67. The second kappa shape index (κ2) is 10.9. The number of hydrogen-bond donors (Lipinski definition) is 0. The van der Waals surface area contributed by atoms with Crippen molar-refractivity contribution in [3.8, 4) is 23.1 Å². The van der Waals surface area contributed by atoms with Crippen molar-refractivity contribution < 1.29 is 0 Å². The molecule has 0 aliphatic carbocycles. The summed E-state index contributed by atoms with van der Waals surface area (Å²) in [4.78, 5) is 0. The van der Waals surface area contributed by atoms with E-state index in [-0.39, 0.29) is 0 Å². The SMILES string of the molecule is N#Cc1ccc2c(c1)c1ccccc1n2-c1ccc2sc3ccc(-n4c5ccccc5c5cc6c(cc54)c4ccccc4n6-c4ccccc4)cc3c2c1. The Balaban J connectivity index is 1.11. The summed E-state index contributed by atoms with van der Waals surface area (Å²) < 4.78 is 9.71. The monoisotopic (exact) mass is 704 g/mol. The summed E-state index contributed by atoms with van der Waals surface area (Å²) in [5, 5.41) is 19.4. The number of thiophene rings is 1. The van der Waals surface area contributed by atoms with Gasteiger partial charge in [0.2, 0.25) is 0 Å². The second-order valence-electron chi connectivity index (χ2n) is 14.1. The van der Waals surface area contributed by atoms with Gasteiger partial charge in [-0.1, -0.05) is 72.8 Å². The van der Waals surface area contributed by atoms with E-state index in [2.05, 4.69) is 177 Å². The van der Waals surface area contributed by atoms with Gasteiger partial charge < -0.3 is 13.7 Å². The topological polar surface area (TPSA) is 38.6 Å². The van der Waals surface area contributed by atoms with Crippen LogP contribution in [0.3, 0.4) is 0 Å². The quantitative estimate of drug-likeness (QED) is 0.180. The lowest BCUT2D eigenvalue weighted by Gasteiger charge is -2.10. The average Bonchev–Trinajstić information content (AvgIpc) is 3.95. The highest BCUT2D eigenvalue weighted by atomic mass is 32.1. The van der Waals surface area contributed by atoms with E-state index >= 15 is 0 Å². The lowest BCUT2D eigenvalue weighted by Crippen LogP contribution is -1.95. The van der Waals surface area contributed by atoms with Gasteiger partial charge in [0.15, 0.2) is 0 Å². The molecule has 12 rings (SSSR count). The molecule has 0 fully saturated rings. The zero-order valence-electron chi connectivity index (χ0n) is 28.9. The summed E-state index contributed by atoms with van der Waals surface area (Å²) in [6, 6.07) is 63.6. The van der Waals surface area contributed by atoms with Crippen molar-refractivity contribution in [2.75, 3.05) is 0 Å². The molecule has 0 aliphatic rings. The molecule has 0 amide bonds. The number of nitrogens with zero attached hydrogens (tertiary/aromatic N) is 4. The van der Waals surface area contributed by atoms with Crippen molar-refractivity contribution in [2.45, 2.75) is 0 Å². The summed E-state index contributed by atoms with van der Waals surface area (Å²) >= 11 is 1.84. The van der Waals surface area contributed by atoms with Crippen molar-refractivity contribution in [3.05, 3.63) is 175 Å². The Hall–Kier alpha value is -7.13. The van der Waals surface area contributed by atoms with Crippen LogP contribution in [0.4, 0.5) is 0 Å². The Bertz CT molecular complexity index is 3570. The van der Waals surface area contributed by atoms with Crippen LogP contribution in [0.15, 0.2) is 170 Å². The van der Waals surface area contributed by atoms with Gasteiger partial charge in [-0.2, -0.15) is 5.26 Å². The molecule has 0 spiro atoms. The van der Waals surface area contributed by atoms with Gasteiger partial charge in [-0.05, 0) is 97.1 Å². The third kappa shape index (κ3) is 4.00. The minimum atomic E-state index is 0.671. The van der Waals surface area contributed by atoms with E-state index in [1.807, 2.05) is 23.5 Å². The number of fused-ring (bicyclic) bond motifs is 12. The molecule has 0 saturated heterocycles. The Morgan fingerprint density at radius 3 is 1.31 bits per heavy atom. The maximum Gasteiger partial charge on any atom is 0.0991 e. The molecule has 4 aromatic heterocycles. The number of nitriles is 1. The van der Waals surface area contributed by atoms with Gasteiger partial charge in [0.1, 0.15) is 0 Å².